The monoisotopic (exact) mass is 319 g/mol. The van der Waals surface area contributed by atoms with Crippen LogP contribution in [-0.2, 0) is 4.79 Å². The van der Waals surface area contributed by atoms with E-state index in [1.807, 2.05) is 37.4 Å². The first kappa shape index (κ1) is 12.4. The number of likely N-dealkylation sites (tertiary alicyclic amines) is 1. The van der Waals surface area contributed by atoms with Gasteiger partial charge in [-0.25, -0.2) is 4.98 Å². The number of carbonyl (C=O) groups excluding carboxylic acids is 1. The number of fused-ring (bicyclic) bond motifs is 1. The fourth-order valence-corrected chi connectivity index (χ4v) is 2.80. The fraction of sp³-hybridized carbons (Fsp3) is 0.286. The summed E-state index contributed by atoms with van der Waals surface area (Å²) in [5.41, 5.74) is 0.909. The van der Waals surface area contributed by atoms with Crippen molar-refractivity contribution >= 4 is 38.6 Å². The number of nitrogens with one attached hydrogen (secondary N) is 1. The molecule has 1 N–H and O–H groups in total. The molecule has 19 heavy (non-hydrogen) atoms. The molecule has 1 aliphatic rings. The molecule has 3 rings (SSSR count). The van der Waals surface area contributed by atoms with Crippen LogP contribution in [0.3, 0.4) is 0 Å². The van der Waals surface area contributed by atoms with Crippen molar-refractivity contribution in [1.29, 1.82) is 0 Å². The Bertz CT molecular complexity index is 644. The molecule has 98 valence electrons. The molecular weight excluding hydrogens is 306 g/mol. The molecule has 0 saturated carbocycles. The third-order valence-corrected chi connectivity index (χ3v) is 4.06. The summed E-state index contributed by atoms with van der Waals surface area (Å²) in [6.07, 6.45) is 0.824. The highest BCUT2D eigenvalue weighted by molar-refractivity contribution is 9.10. The zero-order valence-electron chi connectivity index (χ0n) is 10.6. The standard InChI is InChI=1S/C14H14BrN3O/c1-18-8-7-11(14(18)19)16-12-6-5-9-3-2-4-10(15)13(9)17-12/h2-6,11H,7-8H2,1H3,(H,16,17). The predicted molar refractivity (Wildman–Crippen MR) is 79.1 cm³/mol. The zero-order valence-corrected chi connectivity index (χ0v) is 12.1. The highest BCUT2D eigenvalue weighted by Gasteiger charge is 2.28. The molecule has 4 nitrogen and oxygen atoms in total. The van der Waals surface area contributed by atoms with Crippen molar-refractivity contribution in [1.82, 2.24) is 9.88 Å². The van der Waals surface area contributed by atoms with Gasteiger partial charge in [0.1, 0.15) is 11.9 Å². The number of carbonyl (C=O) groups is 1. The number of aromatic nitrogens is 1. The quantitative estimate of drug-likeness (QED) is 0.925. The summed E-state index contributed by atoms with van der Waals surface area (Å²) in [6.45, 7) is 0.799. The Kier molecular flexibility index (Phi) is 3.14. The number of halogens is 1. The molecule has 2 aromatic rings. The van der Waals surface area contributed by atoms with Gasteiger partial charge in [-0.2, -0.15) is 0 Å². The van der Waals surface area contributed by atoms with E-state index in [-0.39, 0.29) is 11.9 Å². The maximum Gasteiger partial charge on any atom is 0.244 e. The first-order valence-corrected chi connectivity index (χ1v) is 7.01. The number of hydrogen-bond acceptors (Lipinski definition) is 3. The average molecular weight is 320 g/mol. The minimum absolute atomic E-state index is 0.133. The van der Waals surface area contributed by atoms with Gasteiger partial charge in [-0.3, -0.25) is 4.79 Å². The van der Waals surface area contributed by atoms with Crippen molar-refractivity contribution in [3.63, 3.8) is 0 Å². The largest absolute Gasteiger partial charge is 0.358 e. The fourth-order valence-electron chi connectivity index (χ4n) is 2.33. The maximum absolute atomic E-state index is 11.9. The Morgan fingerprint density at radius 1 is 1.37 bits per heavy atom. The lowest BCUT2D eigenvalue weighted by molar-refractivity contribution is -0.127. The Morgan fingerprint density at radius 2 is 2.21 bits per heavy atom. The van der Waals surface area contributed by atoms with Crippen LogP contribution in [0.25, 0.3) is 10.9 Å². The van der Waals surface area contributed by atoms with Gasteiger partial charge in [-0.05, 0) is 40.5 Å². The van der Waals surface area contributed by atoms with Crippen LogP contribution < -0.4 is 5.32 Å². The van der Waals surface area contributed by atoms with Crippen molar-refractivity contribution < 1.29 is 4.79 Å². The summed E-state index contributed by atoms with van der Waals surface area (Å²) in [5.74, 6) is 0.877. The van der Waals surface area contributed by atoms with Gasteiger partial charge >= 0.3 is 0 Å². The number of para-hydroxylation sites is 1. The highest BCUT2D eigenvalue weighted by Crippen LogP contribution is 2.24. The van der Waals surface area contributed by atoms with Crippen LogP contribution in [0, 0.1) is 0 Å². The van der Waals surface area contributed by atoms with E-state index in [0.717, 1.165) is 34.2 Å². The third-order valence-electron chi connectivity index (χ3n) is 3.42. The lowest BCUT2D eigenvalue weighted by Crippen LogP contribution is -2.31. The van der Waals surface area contributed by atoms with Crippen LogP contribution >= 0.6 is 15.9 Å². The molecule has 0 aliphatic carbocycles. The molecule has 1 fully saturated rings. The molecule has 0 spiro atoms. The number of hydrogen-bond donors (Lipinski definition) is 1. The third kappa shape index (κ3) is 2.30. The first-order valence-electron chi connectivity index (χ1n) is 6.22. The van der Waals surface area contributed by atoms with Crippen molar-refractivity contribution in [3.8, 4) is 0 Å². The van der Waals surface area contributed by atoms with Gasteiger partial charge in [0.15, 0.2) is 0 Å². The summed E-state index contributed by atoms with van der Waals surface area (Å²) in [4.78, 5) is 18.2. The van der Waals surface area contributed by atoms with Gasteiger partial charge in [-0.1, -0.05) is 12.1 Å². The van der Waals surface area contributed by atoms with E-state index in [1.165, 1.54) is 0 Å². The van der Waals surface area contributed by atoms with Crippen LogP contribution in [0.1, 0.15) is 6.42 Å². The second-order valence-corrected chi connectivity index (χ2v) is 5.61. The second kappa shape index (κ2) is 4.81. The predicted octanol–water partition coefficient (Wildman–Crippen LogP) is 2.64. The van der Waals surface area contributed by atoms with Gasteiger partial charge < -0.3 is 10.2 Å². The van der Waals surface area contributed by atoms with E-state index in [4.69, 9.17) is 0 Å². The van der Waals surface area contributed by atoms with Gasteiger partial charge in [0, 0.05) is 23.5 Å². The van der Waals surface area contributed by atoms with Crippen molar-refractivity contribution in [2.45, 2.75) is 12.5 Å². The van der Waals surface area contributed by atoms with Crippen LogP contribution in [0.2, 0.25) is 0 Å². The van der Waals surface area contributed by atoms with E-state index in [2.05, 4.69) is 26.2 Å². The summed E-state index contributed by atoms with van der Waals surface area (Å²) in [5, 5.41) is 4.30. The Labute approximate surface area is 119 Å². The molecule has 0 radical (unpaired) electrons. The summed E-state index contributed by atoms with van der Waals surface area (Å²) in [6, 6.07) is 9.74. The number of nitrogens with zero attached hydrogens (tertiary/aromatic N) is 2. The van der Waals surface area contributed by atoms with Crippen molar-refractivity contribution in [3.05, 3.63) is 34.8 Å². The van der Waals surface area contributed by atoms with E-state index in [0.29, 0.717) is 0 Å². The average Bonchev–Trinajstić information content (AvgIpc) is 2.72. The van der Waals surface area contributed by atoms with E-state index >= 15 is 0 Å². The van der Waals surface area contributed by atoms with Gasteiger partial charge in [-0.15, -0.1) is 0 Å². The van der Waals surface area contributed by atoms with E-state index in [9.17, 15) is 4.79 Å². The Balaban J connectivity index is 1.90. The first-order chi connectivity index (χ1) is 9.15. The summed E-state index contributed by atoms with van der Waals surface area (Å²) in [7, 11) is 1.83. The number of likely N-dealkylation sites (N-methyl/N-ethyl adjacent to an activating group) is 1. The van der Waals surface area contributed by atoms with Gasteiger partial charge in [0.05, 0.1) is 5.52 Å². The second-order valence-electron chi connectivity index (χ2n) is 4.75. The van der Waals surface area contributed by atoms with Gasteiger partial charge in [0.2, 0.25) is 5.91 Å². The molecular formula is C14H14BrN3O. The molecule has 1 amide bonds. The van der Waals surface area contributed by atoms with Crippen LogP contribution in [-0.4, -0.2) is 35.4 Å². The van der Waals surface area contributed by atoms with Crippen LogP contribution in [0.4, 0.5) is 5.82 Å². The summed E-state index contributed by atoms with van der Waals surface area (Å²) < 4.78 is 0.962. The van der Waals surface area contributed by atoms with E-state index < -0.39 is 0 Å². The maximum atomic E-state index is 11.9. The lowest BCUT2D eigenvalue weighted by Gasteiger charge is -2.13. The molecule has 1 unspecified atom stereocenters. The molecule has 1 saturated heterocycles. The van der Waals surface area contributed by atoms with E-state index in [1.54, 1.807) is 4.90 Å². The normalized spacial score (nSPS) is 19.2. The Morgan fingerprint density at radius 3 is 2.95 bits per heavy atom. The number of rotatable bonds is 2. The van der Waals surface area contributed by atoms with Crippen LogP contribution in [0.5, 0.6) is 0 Å². The topological polar surface area (TPSA) is 45.2 Å². The molecule has 5 heteroatoms. The molecule has 1 aliphatic heterocycles. The minimum atomic E-state index is -0.155. The number of anilines is 1. The SMILES string of the molecule is CN1CCC(Nc2ccc3cccc(Br)c3n2)C1=O. The lowest BCUT2D eigenvalue weighted by atomic mass is 10.2. The number of benzene rings is 1. The minimum Gasteiger partial charge on any atom is -0.358 e. The number of amides is 1. The molecule has 0 bridgehead atoms. The smallest absolute Gasteiger partial charge is 0.244 e. The zero-order chi connectivity index (χ0) is 13.4. The van der Waals surface area contributed by atoms with Crippen molar-refractivity contribution in [2.75, 3.05) is 18.9 Å². The highest BCUT2D eigenvalue weighted by atomic mass is 79.9. The van der Waals surface area contributed by atoms with Gasteiger partial charge in [0.25, 0.3) is 0 Å². The molecule has 2 heterocycles. The molecule has 1 aromatic carbocycles. The molecule has 1 atom stereocenters. The molecule has 1 aromatic heterocycles. The van der Waals surface area contributed by atoms with Crippen molar-refractivity contribution in [2.24, 2.45) is 0 Å². The van der Waals surface area contributed by atoms with Crippen LogP contribution in [0.15, 0.2) is 34.8 Å². The Hall–Kier alpha value is -1.62. The summed E-state index contributed by atoms with van der Waals surface area (Å²) >= 11 is 3.50. The number of pyridine rings is 1.